The lowest BCUT2D eigenvalue weighted by atomic mass is 10.1. The number of methoxy groups -OCH3 is 1. The van der Waals surface area contributed by atoms with Crippen molar-refractivity contribution in [2.75, 3.05) is 19.0 Å². The van der Waals surface area contributed by atoms with Crippen molar-refractivity contribution < 1.29 is 19.4 Å². The molecule has 0 bridgehead atoms. The summed E-state index contributed by atoms with van der Waals surface area (Å²) in [7, 11) is 1.38. The summed E-state index contributed by atoms with van der Waals surface area (Å²) < 4.78 is 4.98. The van der Waals surface area contributed by atoms with Gasteiger partial charge in [-0.05, 0) is 25.1 Å². The number of rotatable bonds is 6. The van der Waals surface area contributed by atoms with Crippen LogP contribution in [0, 0.1) is 5.92 Å². The summed E-state index contributed by atoms with van der Waals surface area (Å²) in [6.07, 6.45) is 0.593. The molecular formula is C13H18N2O4. The number of hydrogen-bond acceptors (Lipinski definition) is 4. The van der Waals surface area contributed by atoms with E-state index in [0.717, 1.165) is 0 Å². The highest BCUT2D eigenvalue weighted by molar-refractivity contribution is 5.95. The Morgan fingerprint density at radius 2 is 2.16 bits per heavy atom. The minimum Gasteiger partial charge on any atom is -0.496 e. The third kappa shape index (κ3) is 3.96. The number of nitrogens with two attached hydrogens (primary N) is 1. The molecule has 6 nitrogen and oxygen atoms in total. The molecule has 0 saturated heterocycles. The fourth-order valence-corrected chi connectivity index (χ4v) is 1.59. The second kappa shape index (κ2) is 6.75. The molecular weight excluding hydrogens is 248 g/mol. The summed E-state index contributed by atoms with van der Waals surface area (Å²) in [5.74, 6) is -1.23. The minimum atomic E-state index is -1.08. The van der Waals surface area contributed by atoms with E-state index < -0.39 is 5.97 Å². The fourth-order valence-electron chi connectivity index (χ4n) is 1.59. The lowest BCUT2D eigenvalue weighted by molar-refractivity contribution is -0.119. The molecule has 0 radical (unpaired) electrons. The average molecular weight is 266 g/mol. The molecule has 1 aromatic rings. The van der Waals surface area contributed by atoms with Gasteiger partial charge < -0.3 is 20.9 Å². The number of carbonyl (C=O) groups excluding carboxylic acids is 1. The first-order valence-electron chi connectivity index (χ1n) is 5.91. The SMILES string of the molecule is COc1cc(NC(=O)C(C)CCN)ccc1C(=O)O. The Labute approximate surface area is 111 Å². The number of carboxylic acids is 1. The molecule has 19 heavy (non-hydrogen) atoms. The van der Waals surface area contributed by atoms with Gasteiger partial charge in [0, 0.05) is 17.7 Å². The van der Waals surface area contributed by atoms with Gasteiger partial charge in [0.15, 0.2) is 0 Å². The van der Waals surface area contributed by atoms with Gasteiger partial charge in [-0.25, -0.2) is 4.79 Å². The molecule has 0 aliphatic heterocycles. The summed E-state index contributed by atoms with van der Waals surface area (Å²) >= 11 is 0. The number of carbonyl (C=O) groups is 2. The van der Waals surface area contributed by atoms with Crippen LogP contribution in [0.4, 0.5) is 5.69 Å². The van der Waals surface area contributed by atoms with E-state index in [2.05, 4.69) is 5.32 Å². The van der Waals surface area contributed by atoms with Gasteiger partial charge in [0.25, 0.3) is 0 Å². The van der Waals surface area contributed by atoms with E-state index in [-0.39, 0.29) is 23.1 Å². The first-order valence-corrected chi connectivity index (χ1v) is 5.91. The van der Waals surface area contributed by atoms with Crippen molar-refractivity contribution >= 4 is 17.6 Å². The van der Waals surface area contributed by atoms with E-state index in [4.69, 9.17) is 15.6 Å². The predicted octanol–water partition coefficient (Wildman–Crippen LogP) is 1.32. The Morgan fingerprint density at radius 1 is 1.47 bits per heavy atom. The van der Waals surface area contributed by atoms with Crippen molar-refractivity contribution in [3.63, 3.8) is 0 Å². The quantitative estimate of drug-likeness (QED) is 0.720. The van der Waals surface area contributed by atoms with Gasteiger partial charge in [-0.3, -0.25) is 4.79 Å². The molecule has 0 fully saturated rings. The Balaban J connectivity index is 2.86. The van der Waals surface area contributed by atoms with E-state index in [1.165, 1.54) is 25.3 Å². The number of ether oxygens (including phenoxy) is 1. The summed E-state index contributed by atoms with van der Waals surface area (Å²) in [6, 6.07) is 4.40. The minimum absolute atomic E-state index is 0.0514. The van der Waals surface area contributed by atoms with Crippen LogP contribution >= 0.6 is 0 Å². The van der Waals surface area contributed by atoms with E-state index in [1.807, 2.05) is 0 Å². The van der Waals surface area contributed by atoms with E-state index in [9.17, 15) is 9.59 Å². The number of anilines is 1. The number of nitrogens with one attached hydrogen (secondary N) is 1. The van der Waals surface area contributed by atoms with Crippen LogP contribution in [-0.4, -0.2) is 30.6 Å². The van der Waals surface area contributed by atoms with Crippen LogP contribution in [0.2, 0.25) is 0 Å². The standard InChI is InChI=1S/C13H18N2O4/c1-8(5-6-14)12(16)15-9-3-4-10(13(17)18)11(7-9)19-2/h3-4,7-8H,5-6,14H2,1-2H3,(H,15,16)(H,17,18). The van der Waals surface area contributed by atoms with Gasteiger partial charge in [-0.15, -0.1) is 0 Å². The predicted molar refractivity (Wildman–Crippen MR) is 71.4 cm³/mol. The molecule has 4 N–H and O–H groups in total. The van der Waals surface area contributed by atoms with Crippen molar-refractivity contribution in [3.8, 4) is 5.75 Å². The molecule has 0 aromatic heterocycles. The molecule has 0 saturated carbocycles. The lowest BCUT2D eigenvalue weighted by Gasteiger charge is -2.12. The van der Waals surface area contributed by atoms with Crippen molar-refractivity contribution in [1.82, 2.24) is 0 Å². The fraction of sp³-hybridized carbons (Fsp3) is 0.385. The van der Waals surface area contributed by atoms with Gasteiger partial charge in [-0.1, -0.05) is 6.92 Å². The maximum Gasteiger partial charge on any atom is 0.339 e. The number of aromatic carboxylic acids is 1. The number of hydrogen-bond donors (Lipinski definition) is 3. The number of amides is 1. The molecule has 1 amide bonds. The highest BCUT2D eigenvalue weighted by atomic mass is 16.5. The van der Waals surface area contributed by atoms with Crippen LogP contribution < -0.4 is 15.8 Å². The van der Waals surface area contributed by atoms with Crippen molar-refractivity contribution in [3.05, 3.63) is 23.8 Å². The van der Waals surface area contributed by atoms with E-state index in [1.54, 1.807) is 6.92 Å². The van der Waals surface area contributed by atoms with Crippen LogP contribution in [0.15, 0.2) is 18.2 Å². The third-order valence-corrected chi connectivity index (χ3v) is 2.75. The van der Waals surface area contributed by atoms with Crippen LogP contribution in [0.1, 0.15) is 23.7 Å². The summed E-state index contributed by atoms with van der Waals surface area (Å²) in [5.41, 5.74) is 5.94. The topological polar surface area (TPSA) is 102 Å². The second-order valence-electron chi connectivity index (χ2n) is 4.19. The zero-order chi connectivity index (χ0) is 14.4. The van der Waals surface area contributed by atoms with Gasteiger partial charge in [-0.2, -0.15) is 0 Å². The Kier molecular flexibility index (Phi) is 5.32. The first-order chi connectivity index (χ1) is 8.99. The van der Waals surface area contributed by atoms with Crippen LogP contribution in [0.3, 0.4) is 0 Å². The highest BCUT2D eigenvalue weighted by Gasteiger charge is 2.15. The lowest BCUT2D eigenvalue weighted by Crippen LogP contribution is -2.22. The smallest absolute Gasteiger partial charge is 0.339 e. The monoisotopic (exact) mass is 266 g/mol. The van der Waals surface area contributed by atoms with Gasteiger partial charge in [0.1, 0.15) is 11.3 Å². The molecule has 6 heteroatoms. The van der Waals surface area contributed by atoms with E-state index in [0.29, 0.717) is 18.7 Å². The maximum atomic E-state index is 11.8. The maximum absolute atomic E-state index is 11.8. The summed E-state index contributed by atoms with van der Waals surface area (Å²) in [6.45, 7) is 2.22. The van der Waals surface area contributed by atoms with Crippen LogP contribution in [0.5, 0.6) is 5.75 Å². The van der Waals surface area contributed by atoms with Crippen molar-refractivity contribution in [2.24, 2.45) is 11.7 Å². The number of benzene rings is 1. The highest BCUT2D eigenvalue weighted by Crippen LogP contribution is 2.23. The summed E-state index contributed by atoms with van der Waals surface area (Å²) in [4.78, 5) is 22.7. The Hall–Kier alpha value is -2.08. The first kappa shape index (κ1) is 15.0. The zero-order valence-corrected chi connectivity index (χ0v) is 11.0. The molecule has 0 spiro atoms. The largest absolute Gasteiger partial charge is 0.496 e. The molecule has 0 aliphatic carbocycles. The number of carboxylic acid groups (broad SMARTS) is 1. The van der Waals surface area contributed by atoms with Gasteiger partial charge in [0.2, 0.25) is 5.91 Å². The third-order valence-electron chi connectivity index (χ3n) is 2.75. The van der Waals surface area contributed by atoms with Crippen molar-refractivity contribution in [1.29, 1.82) is 0 Å². The van der Waals surface area contributed by atoms with Crippen molar-refractivity contribution in [2.45, 2.75) is 13.3 Å². The zero-order valence-electron chi connectivity index (χ0n) is 11.0. The average Bonchev–Trinajstić information content (AvgIpc) is 2.38. The molecule has 1 unspecified atom stereocenters. The van der Waals surface area contributed by atoms with Gasteiger partial charge in [0.05, 0.1) is 7.11 Å². The van der Waals surface area contributed by atoms with E-state index >= 15 is 0 Å². The molecule has 1 rings (SSSR count). The van der Waals surface area contributed by atoms with Gasteiger partial charge >= 0.3 is 5.97 Å². The normalized spacial score (nSPS) is 11.7. The van der Waals surface area contributed by atoms with Crippen LogP contribution in [0.25, 0.3) is 0 Å². The second-order valence-corrected chi connectivity index (χ2v) is 4.19. The molecule has 104 valence electrons. The molecule has 1 atom stereocenters. The Bertz CT molecular complexity index is 474. The molecule has 0 aliphatic rings. The molecule has 0 heterocycles. The van der Waals surface area contributed by atoms with Crippen LogP contribution in [-0.2, 0) is 4.79 Å². The Morgan fingerprint density at radius 3 is 2.68 bits per heavy atom. The molecule has 1 aromatic carbocycles. The summed E-state index contributed by atoms with van der Waals surface area (Å²) in [5, 5.41) is 11.6.